The van der Waals surface area contributed by atoms with Gasteiger partial charge >= 0.3 is 0 Å². The number of nitrogens with zero attached hydrogens (tertiary/aromatic N) is 1. The van der Waals surface area contributed by atoms with E-state index < -0.39 is 14.8 Å². The van der Waals surface area contributed by atoms with Crippen LogP contribution in [-0.2, 0) is 9.84 Å². The molecule has 0 amide bonds. The van der Waals surface area contributed by atoms with Gasteiger partial charge in [-0.05, 0) is 12.0 Å². The lowest BCUT2D eigenvalue weighted by Crippen LogP contribution is -2.05. The Kier molecular flexibility index (Phi) is 2.46. The summed E-state index contributed by atoms with van der Waals surface area (Å²) in [7, 11) is -2.99. The normalized spacial score (nSPS) is 24.1. The van der Waals surface area contributed by atoms with E-state index in [1.165, 1.54) is 18.4 Å². The van der Waals surface area contributed by atoms with Crippen LogP contribution in [0.15, 0.2) is 24.3 Å². The summed E-state index contributed by atoms with van der Waals surface area (Å²) < 4.78 is 22.5. The third-order valence-electron chi connectivity index (χ3n) is 2.81. The van der Waals surface area contributed by atoms with E-state index in [0.717, 1.165) is 5.56 Å². The molecule has 2 rings (SSSR count). The second kappa shape index (κ2) is 3.55. The van der Waals surface area contributed by atoms with E-state index in [9.17, 15) is 18.5 Å². The second-order valence-electron chi connectivity index (χ2n) is 4.06. The van der Waals surface area contributed by atoms with E-state index in [4.69, 9.17) is 0 Å². The van der Waals surface area contributed by atoms with Gasteiger partial charge in [0.25, 0.3) is 5.69 Å². The smallest absolute Gasteiger partial charge is 0.258 e. The van der Waals surface area contributed by atoms with Gasteiger partial charge in [0, 0.05) is 24.3 Å². The van der Waals surface area contributed by atoms with Gasteiger partial charge in [0.15, 0.2) is 9.84 Å². The fraction of sp³-hybridized carbons (Fsp3) is 0.400. The predicted molar refractivity (Wildman–Crippen MR) is 59.1 cm³/mol. The molecular formula is C10H11NO4S. The number of hydrogen-bond acceptors (Lipinski definition) is 4. The maximum atomic E-state index is 11.2. The van der Waals surface area contributed by atoms with Crippen LogP contribution in [0.5, 0.6) is 0 Å². The average Bonchev–Trinajstić information content (AvgIpc) is 2.96. The van der Waals surface area contributed by atoms with E-state index in [1.807, 2.05) is 0 Å². The molecule has 1 aromatic carbocycles. The highest BCUT2D eigenvalue weighted by atomic mass is 32.2. The highest BCUT2D eigenvalue weighted by Crippen LogP contribution is 2.45. The number of benzene rings is 1. The number of sulfone groups is 1. The Bertz CT molecular complexity index is 520. The molecule has 1 fully saturated rings. The van der Waals surface area contributed by atoms with Crippen LogP contribution in [0.1, 0.15) is 17.9 Å². The summed E-state index contributed by atoms with van der Waals surface area (Å²) in [6.45, 7) is 0. The molecule has 1 aliphatic rings. The molecule has 0 aromatic heterocycles. The van der Waals surface area contributed by atoms with Gasteiger partial charge < -0.3 is 0 Å². The Morgan fingerprint density at radius 2 is 1.88 bits per heavy atom. The highest BCUT2D eigenvalue weighted by Gasteiger charge is 2.45. The van der Waals surface area contributed by atoms with Crippen molar-refractivity contribution >= 4 is 15.5 Å². The van der Waals surface area contributed by atoms with Crippen LogP contribution >= 0.6 is 0 Å². The Morgan fingerprint density at radius 3 is 2.25 bits per heavy atom. The van der Waals surface area contributed by atoms with Crippen molar-refractivity contribution in [3.8, 4) is 0 Å². The zero-order chi connectivity index (χ0) is 11.9. The first kappa shape index (κ1) is 11.1. The van der Waals surface area contributed by atoms with Gasteiger partial charge in [-0.25, -0.2) is 8.42 Å². The molecule has 0 spiro atoms. The Balaban J connectivity index is 2.17. The summed E-state index contributed by atoms with van der Waals surface area (Å²) in [5, 5.41) is 10.1. The lowest BCUT2D eigenvalue weighted by molar-refractivity contribution is -0.384. The van der Waals surface area contributed by atoms with Crippen LogP contribution in [0.2, 0.25) is 0 Å². The zero-order valence-corrected chi connectivity index (χ0v) is 9.48. The first-order valence-electron chi connectivity index (χ1n) is 4.83. The van der Waals surface area contributed by atoms with Crippen LogP contribution in [-0.4, -0.2) is 24.8 Å². The maximum Gasteiger partial charge on any atom is 0.269 e. The summed E-state index contributed by atoms with van der Waals surface area (Å²) in [5.74, 6) is 0.0100. The molecule has 0 bridgehead atoms. The predicted octanol–water partition coefficient (Wildman–Crippen LogP) is 1.50. The Hall–Kier alpha value is -1.43. The molecule has 16 heavy (non-hydrogen) atoms. The van der Waals surface area contributed by atoms with Gasteiger partial charge in [-0.3, -0.25) is 10.1 Å². The molecule has 1 aromatic rings. The van der Waals surface area contributed by atoms with Crippen molar-refractivity contribution in [2.45, 2.75) is 17.6 Å². The summed E-state index contributed by atoms with van der Waals surface area (Å²) >= 11 is 0. The van der Waals surface area contributed by atoms with Crippen molar-refractivity contribution in [2.75, 3.05) is 6.26 Å². The van der Waals surface area contributed by atoms with Crippen molar-refractivity contribution in [1.29, 1.82) is 0 Å². The summed E-state index contributed by atoms with van der Waals surface area (Å²) in [5.41, 5.74) is 0.890. The zero-order valence-electron chi connectivity index (χ0n) is 8.66. The van der Waals surface area contributed by atoms with Crippen molar-refractivity contribution < 1.29 is 13.3 Å². The topological polar surface area (TPSA) is 77.3 Å². The molecule has 0 aliphatic heterocycles. The molecule has 0 radical (unpaired) electrons. The van der Waals surface area contributed by atoms with Gasteiger partial charge in [-0.1, -0.05) is 12.1 Å². The standard InChI is InChI=1S/C10H11NO4S/c1-16(14,15)10-6-9(10)7-2-4-8(5-3-7)11(12)13/h2-5,9-10H,6H2,1H3. The minimum atomic E-state index is -2.99. The molecule has 0 N–H and O–H groups in total. The average molecular weight is 241 g/mol. The number of non-ortho nitro benzene ring substituents is 1. The summed E-state index contributed by atoms with van der Waals surface area (Å²) in [6, 6.07) is 6.09. The fourth-order valence-electron chi connectivity index (χ4n) is 1.84. The van der Waals surface area contributed by atoms with E-state index in [0.29, 0.717) is 6.42 Å². The molecule has 6 heteroatoms. The molecule has 0 saturated heterocycles. The monoisotopic (exact) mass is 241 g/mol. The third-order valence-corrected chi connectivity index (χ3v) is 4.43. The lowest BCUT2D eigenvalue weighted by atomic mass is 10.1. The first-order valence-corrected chi connectivity index (χ1v) is 6.78. The highest BCUT2D eigenvalue weighted by molar-refractivity contribution is 7.91. The largest absolute Gasteiger partial charge is 0.269 e. The van der Waals surface area contributed by atoms with Gasteiger partial charge in [0.05, 0.1) is 10.2 Å². The van der Waals surface area contributed by atoms with Crippen molar-refractivity contribution in [1.82, 2.24) is 0 Å². The van der Waals surface area contributed by atoms with Gasteiger partial charge in [-0.15, -0.1) is 0 Å². The summed E-state index contributed by atoms with van der Waals surface area (Å²) in [6.07, 6.45) is 1.85. The molecule has 0 heterocycles. The SMILES string of the molecule is CS(=O)(=O)C1CC1c1ccc([N+](=O)[O-])cc1. The van der Waals surface area contributed by atoms with Gasteiger partial charge in [0.1, 0.15) is 0 Å². The van der Waals surface area contributed by atoms with Crippen LogP contribution < -0.4 is 0 Å². The Morgan fingerprint density at radius 1 is 1.31 bits per heavy atom. The van der Waals surface area contributed by atoms with Crippen LogP contribution in [0, 0.1) is 10.1 Å². The van der Waals surface area contributed by atoms with Crippen molar-refractivity contribution in [3.05, 3.63) is 39.9 Å². The molecule has 5 nitrogen and oxygen atoms in total. The quantitative estimate of drug-likeness (QED) is 0.593. The van der Waals surface area contributed by atoms with Crippen LogP contribution in [0.4, 0.5) is 5.69 Å². The number of nitro groups is 1. The molecule has 86 valence electrons. The third kappa shape index (κ3) is 2.06. The van der Waals surface area contributed by atoms with Crippen molar-refractivity contribution in [3.63, 3.8) is 0 Å². The number of nitro benzene ring substituents is 1. The minimum absolute atomic E-state index is 0.0100. The van der Waals surface area contributed by atoms with E-state index in [2.05, 4.69) is 0 Å². The van der Waals surface area contributed by atoms with Crippen molar-refractivity contribution in [2.24, 2.45) is 0 Å². The molecule has 2 atom stereocenters. The van der Waals surface area contributed by atoms with Gasteiger partial charge in [0.2, 0.25) is 0 Å². The van der Waals surface area contributed by atoms with E-state index >= 15 is 0 Å². The minimum Gasteiger partial charge on any atom is -0.258 e. The number of hydrogen-bond donors (Lipinski definition) is 0. The molecule has 2 unspecified atom stereocenters. The second-order valence-corrected chi connectivity index (χ2v) is 6.32. The Labute approximate surface area is 93.2 Å². The lowest BCUT2D eigenvalue weighted by Gasteiger charge is -1.99. The van der Waals surface area contributed by atoms with Gasteiger partial charge in [-0.2, -0.15) is 0 Å². The van der Waals surface area contributed by atoms with Crippen LogP contribution in [0.3, 0.4) is 0 Å². The first-order chi connectivity index (χ1) is 7.39. The molecule has 1 aliphatic carbocycles. The van der Waals surface area contributed by atoms with E-state index in [-0.39, 0.29) is 16.9 Å². The number of rotatable bonds is 3. The van der Waals surface area contributed by atoms with Crippen LogP contribution in [0.25, 0.3) is 0 Å². The summed E-state index contributed by atoms with van der Waals surface area (Å²) in [4.78, 5) is 9.96. The van der Waals surface area contributed by atoms with E-state index in [1.54, 1.807) is 12.1 Å². The maximum absolute atomic E-state index is 11.2. The fourth-order valence-corrected chi connectivity index (χ4v) is 3.15. The molecular weight excluding hydrogens is 230 g/mol. The molecule has 1 saturated carbocycles.